The molecule has 7 nitrogen and oxygen atoms in total. The highest BCUT2D eigenvalue weighted by Gasteiger charge is 2.27. The maximum Gasteiger partial charge on any atom is 0.246 e. The largest absolute Gasteiger partial charge is 0.375 e. The number of ether oxygens (including phenoxy) is 1. The fourth-order valence-electron chi connectivity index (χ4n) is 3.42. The normalized spacial score (nSPS) is 16.2. The fourth-order valence-corrected chi connectivity index (χ4v) is 4.37. The van der Waals surface area contributed by atoms with E-state index in [4.69, 9.17) is 4.74 Å². The van der Waals surface area contributed by atoms with E-state index in [0.717, 1.165) is 44.2 Å². The Hall–Kier alpha value is -1.77. The topological polar surface area (TPSA) is 72.3 Å². The average molecular weight is 392 g/mol. The number of aromatic nitrogens is 3. The van der Waals surface area contributed by atoms with Crippen LogP contribution in [-0.4, -0.2) is 52.4 Å². The molecule has 1 atom stereocenters. The molecule has 3 rings (SSSR count). The molecular formula is C19H29N5O2S. The standard InChI is InChI=1S/C19H29N5O2S/c1-13(2)18(20-17(25)12-26-4)19-22-21-16-5-7-23(8-9-24(16)19)11-15-14(3)6-10-27-15/h6,10,13,18H,5,7-9,11-12H2,1-4H3,(H,20,25)/t18-/m0/s1. The maximum absolute atomic E-state index is 12.1. The molecule has 1 aliphatic rings. The maximum atomic E-state index is 12.1. The molecule has 0 aromatic carbocycles. The molecule has 8 heteroatoms. The first-order valence-corrected chi connectivity index (χ1v) is 10.3. The molecule has 0 spiro atoms. The van der Waals surface area contributed by atoms with E-state index in [1.54, 1.807) is 0 Å². The average Bonchev–Trinajstić information content (AvgIpc) is 3.15. The van der Waals surface area contributed by atoms with Crippen molar-refractivity contribution >= 4 is 17.2 Å². The van der Waals surface area contributed by atoms with Gasteiger partial charge in [0.25, 0.3) is 0 Å². The van der Waals surface area contributed by atoms with Crippen LogP contribution in [0.25, 0.3) is 0 Å². The fraction of sp³-hybridized carbons (Fsp3) is 0.632. The van der Waals surface area contributed by atoms with Crippen LogP contribution < -0.4 is 5.32 Å². The second kappa shape index (κ2) is 8.95. The lowest BCUT2D eigenvalue weighted by Gasteiger charge is -2.23. The number of rotatable bonds is 7. The Morgan fingerprint density at radius 1 is 1.33 bits per heavy atom. The zero-order valence-electron chi connectivity index (χ0n) is 16.6. The number of nitrogens with one attached hydrogen (secondary N) is 1. The monoisotopic (exact) mass is 391 g/mol. The van der Waals surface area contributed by atoms with Gasteiger partial charge >= 0.3 is 0 Å². The van der Waals surface area contributed by atoms with Gasteiger partial charge in [-0.3, -0.25) is 9.69 Å². The van der Waals surface area contributed by atoms with Gasteiger partial charge in [-0.2, -0.15) is 0 Å². The summed E-state index contributed by atoms with van der Waals surface area (Å²) in [4.78, 5) is 16.0. The van der Waals surface area contributed by atoms with Crippen molar-refractivity contribution in [1.29, 1.82) is 0 Å². The number of hydrogen-bond acceptors (Lipinski definition) is 6. The molecular weight excluding hydrogens is 362 g/mol. The Bertz CT molecular complexity index is 770. The summed E-state index contributed by atoms with van der Waals surface area (Å²) in [5, 5.41) is 14.1. The minimum Gasteiger partial charge on any atom is -0.375 e. The minimum atomic E-state index is -0.167. The van der Waals surface area contributed by atoms with Crippen molar-refractivity contribution in [1.82, 2.24) is 25.0 Å². The summed E-state index contributed by atoms with van der Waals surface area (Å²) in [7, 11) is 1.52. The lowest BCUT2D eigenvalue weighted by molar-refractivity contribution is -0.125. The Kier molecular flexibility index (Phi) is 6.62. The van der Waals surface area contributed by atoms with Crippen LogP contribution in [0.1, 0.15) is 42.0 Å². The van der Waals surface area contributed by atoms with Gasteiger partial charge in [0, 0.05) is 44.6 Å². The summed E-state index contributed by atoms with van der Waals surface area (Å²) in [6.45, 7) is 10.1. The summed E-state index contributed by atoms with van der Waals surface area (Å²) in [5.74, 6) is 1.94. The first kappa shape index (κ1) is 20.0. The van der Waals surface area contributed by atoms with Crippen LogP contribution in [0, 0.1) is 12.8 Å². The number of methoxy groups -OCH3 is 1. The van der Waals surface area contributed by atoms with Crippen LogP contribution in [0.4, 0.5) is 0 Å². The molecule has 1 aliphatic heterocycles. The SMILES string of the molecule is COCC(=O)N[C@H](c1nnc2n1CCN(Cc1sccc1C)CC2)C(C)C. The summed E-state index contributed by atoms with van der Waals surface area (Å²) >= 11 is 1.82. The number of carbonyl (C=O) groups is 1. The van der Waals surface area contributed by atoms with Crippen LogP contribution in [0.15, 0.2) is 11.4 Å². The molecule has 0 bridgehead atoms. The Balaban J connectivity index is 1.72. The van der Waals surface area contributed by atoms with Gasteiger partial charge in [0.2, 0.25) is 5.91 Å². The minimum absolute atomic E-state index is 0.0537. The van der Waals surface area contributed by atoms with Crippen LogP contribution in [0.3, 0.4) is 0 Å². The summed E-state index contributed by atoms with van der Waals surface area (Å²) in [6.07, 6.45) is 0.869. The van der Waals surface area contributed by atoms with E-state index < -0.39 is 0 Å². The predicted molar refractivity (Wildman–Crippen MR) is 106 cm³/mol. The summed E-state index contributed by atoms with van der Waals surface area (Å²) < 4.78 is 7.14. The van der Waals surface area contributed by atoms with E-state index in [1.165, 1.54) is 17.6 Å². The zero-order chi connectivity index (χ0) is 19.4. The molecule has 2 aromatic rings. The third-order valence-electron chi connectivity index (χ3n) is 5.02. The molecule has 1 amide bonds. The molecule has 148 valence electrons. The van der Waals surface area contributed by atoms with Crippen molar-refractivity contribution in [3.8, 4) is 0 Å². The molecule has 27 heavy (non-hydrogen) atoms. The van der Waals surface area contributed by atoms with E-state index >= 15 is 0 Å². The van der Waals surface area contributed by atoms with Crippen LogP contribution >= 0.6 is 11.3 Å². The van der Waals surface area contributed by atoms with Gasteiger partial charge in [-0.15, -0.1) is 21.5 Å². The molecule has 0 saturated carbocycles. The van der Waals surface area contributed by atoms with Crippen molar-refractivity contribution in [3.05, 3.63) is 33.5 Å². The van der Waals surface area contributed by atoms with Crippen molar-refractivity contribution in [2.45, 2.75) is 46.3 Å². The second-order valence-electron chi connectivity index (χ2n) is 7.40. The van der Waals surface area contributed by atoms with Crippen molar-refractivity contribution in [2.75, 3.05) is 26.8 Å². The highest BCUT2D eigenvalue weighted by atomic mass is 32.1. The van der Waals surface area contributed by atoms with E-state index in [9.17, 15) is 4.79 Å². The first-order valence-electron chi connectivity index (χ1n) is 9.45. The van der Waals surface area contributed by atoms with Gasteiger partial charge < -0.3 is 14.6 Å². The molecule has 0 saturated heterocycles. The smallest absolute Gasteiger partial charge is 0.246 e. The molecule has 0 radical (unpaired) electrons. The number of nitrogens with zero attached hydrogens (tertiary/aromatic N) is 4. The van der Waals surface area contributed by atoms with Gasteiger partial charge in [-0.25, -0.2) is 0 Å². The van der Waals surface area contributed by atoms with E-state index in [0.29, 0.717) is 0 Å². The number of aryl methyl sites for hydroxylation is 1. The predicted octanol–water partition coefficient (Wildman–Crippen LogP) is 2.17. The lowest BCUT2D eigenvalue weighted by Crippen LogP contribution is -2.36. The number of thiophene rings is 1. The lowest BCUT2D eigenvalue weighted by atomic mass is 10.0. The molecule has 0 fully saturated rings. The summed E-state index contributed by atoms with van der Waals surface area (Å²) in [5.41, 5.74) is 1.37. The van der Waals surface area contributed by atoms with Crippen LogP contribution in [0.2, 0.25) is 0 Å². The van der Waals surface area contributed by atoms with Crippen molar-refractivity contribution in [2.24, 2.45) is 5.92 Å². The summed E-state index contributed by atoms with van der Waals surface area (Å²) in [6, 6.07) is 2.01. The Morgan fingerprint density at radius 2 is 2.15 bits per heavy atom. The molecule has 0 unspecified atom stereocenters. The van der Waals surface area contributed by atoms with E-state index in [1.807, 2.05) is 11.3 Å². The van der Waals surface area contributed by atoms with Crippen molar-refractivity contribution in [3.63, 3.8) is 0 Å². The number of hydrogen-bond donors (Lipinski definition) is 1. The Morgan fingerprint density at radius 3 is 2.81 bits per heavy atom. The molecule has 3 heterocycles. The molecule has 1 N–H and O–H groups in total. The van der Waals surface area contributed by atoms with Gasteiger partial charge in [0.15, 0.2) is 5.82 Å². The zero-order valence-corrected chi connectivity index (χ0v) is 17.4. The number of fused-ring (bicyclic) bond motifs is 1. The third-order valence-corrected chi connectivity index (χ3v) is 6.03. The van der Waals surface area contributed by atoms with E-state index in [2.05, 4.69) is 57.2 Å². The highest BCUT2D eigenvalue weighted by Crippen LogP contribution is 2.24. The van der Waals surface area contributed by atoms with Gasteiger partial charge in [0.05, 0.1) is 6.04 Å². The molecule has 2 aromatic heterocycles. The van der Waals surface area contributed by atoms with Gasteiger partial charge in [0.1, 0.15) is 12.4 Å². The second-order valence-corrected chi connectivity index (χ2v) is 8.40. The Labute approximate surface area is 164 Å². The number of carbonyl (C=O) groups excluding carboxylic acids is 1. The number of amides is 1. The van der Waals surface area contributed by atoms with Crippen molar-refractivity contribution < 1.29 is 9.53 Å². The quantitative estimate of drug-likeness (QED) is 0.783. The van der Waals surface area contributed by atoms with Gasteiger partial charge in [-0.05, 0) is 29.9 Å². The third kappa shape index (κ3) is 4.75. The first-order chi connectivity index (χ1) is 13.0. The van der Waals surface area contributed by atoms with Crippen LogP contribution in [0.5, 0.6) is 0 Å². The van der Waals surface area contributed by atoms with Crippen LogP contribution in [-0.2, 0) is 29.0 Å². The van der Waals surface area contributed by atoms with E-state index in [-0.39, 0.29) is 24.5 Å². The highest BCUT2D eigenvalue weighted by molar-refractivity contribution is 7.10. The molecule has 0 aliphatic carbocycles. The van der Waals surface area contributed by atoms with Gasteiger partial charge in [-0.1, -0.05) is 13.8 Å².